The number of carbonyl (C=O) groups is 1. The number of allylic oxidation sites excluding steroid dienone is 17. The van der Waals surface area contributed by atoms with Crippen molar-refractivity contribution in [3.63, 3.8) is 0 Å². The molecule has 0 aromatic rings. The number of ether oxygens (including phenoxy) is 2. The zero-order valence-corrected chi connectivity index (χ0v) is 41.4. The summed E-state index contributed by atoms with van der Waals surface area (Å²) in [5, 5.41) is 54.3. The van der Waals surface area contributed by atoms with Crippen LogP contribution in [0.3, 0.4) is 0 Å². The van der Waals surface area contributed by atoms with Gasteiger partial charge >= 0.3 is 0 Å². The Balaban J connectivity index is 2.36. The highest BCUT2D eigenvalue weighted by atomic mass is 16.7. The van der Waals surface area contributed by atoms with Crippen LogP contribution >= 0.6 is 0 Å². The predicted octanol–water partition coefficient (Wildman–Crippen LogP) is 12.2. The Bertz CT molecular complexity index is 1390. The lowest BCUT2D eigenvalue weighted by molar-refractivity contribution is -0.302. The maximum absolute atomic E-state index is 13.0. The molecule has 1 aliphatic heterocycles. The van der Waals surface area contributed by atoms with Gasteiger partial charge in [-0.2, -0.15) is 0 Å². The van der Waals surface area contributed by atoms with Gasteiger partial charge in [-0.15, -0.1) is 0 Å². The zero-order chi connectivity index (χ0) is 48.0. The fourth-order valence-corrected chi connectivity index (χ4v) is 7.44. The first-order valence-corrected chi connectivity index (χ1v) is 26.1. The molecule has 66 heavy (non-hydrogen) atoms. The Morgan fingerprint density at radius 1 is 0.530 bits per heavy atom. The van der Waals surface area contributed by atoms with E-state index in [9.17, 15) is 30.3 Å². The van der Waals surface area contributed by atoms with E-state index in [-0.39, 0.29) is 12.5 Å². The first kappa shape index (κ1) is 60.9. The first-order chi connectivity index (χ1) is 32.3. The van der Waals surface area contributed by atoms with Crippen molar-refractivity contribution in [2.75, 3.05) is 13.2 Å². The molecule has 0 saturated carbocycles. The number of unbranched alkanes of at least 4 members (excludes halogenated alkanes) is 16. The van der Waals surface area contributed by atoms with Crippen LogP contribution in [0.25, 0.3) is 0 Å². The third-order valence-corrected chi connectivity index (χ3v) is 11.6. The number of amides is 1. The molecule has 1 fully saturated rings. The van der Waals surface area contributed by atoms with Crippen LogP contribution in [-0.4, -0.2) is 87.5 Å². The lowest BCUT2D eigenvalue weighted by atomic mass is 9.99. The summed E-state index contributed by atoms with van der Waals surface area (Å²) in [5.41, 5.74) is 0. The molecule has 1 saturated heterocycles. The molecule has 0 aliphatic carbocycles. The number of nitrogens with one attached hydrogen (secondary N) is 1. The summed E-state index contributed by atoms with van der Waals surface area (Å²) in [4.78, 5) is 13.0. The highest BCUT2D eigenvalue weighted by Crippen LogP contribution is 2.22. The van der Waals surface area contributed by atoms with Gasteiger partial charge in [-0.1, -0.05) is 200 Å². The molecule has 0 aromatic heterocycles. The van der Waals surface area contributed by atoms with E-state index in [1.165, 1.54) is 77.0 Å². The van der Waals surface area contributed by atoms with Gasteiger partial charge in [0, 0.05) is 6.42 Å². The number of aliphatic hydroxyl groups excluding tert-OH is 5. The normalized spacial score (nSPS) is 20.7. The van der Waals surface area contributed by atoms with Crippen LogP contribution in [-0.2, 0) is 14.3 Å². The fourth-order valence-electron chi connectivity index (χ4n) is 7.44. The van der Waals surface area contributed by atoms with Gasteiger partial charge < -0.3 is 40.3 Å². The van der Waals surface area contributed by atoms with Gasteiger partial charge in [0.25, 0.3) is 0 Å². The van der Waals surface area contributed by atoms with Crippen LogP contribution in [0.5, 0.6) is 0 Å². The van der Waals surface area contributed by atoms with Gasteiger partial charge in [-0.25, -0.2) is 0 Å². The standard InChI is InChI=1S/C57H95NO8/c1-3-5-7-9-11-13-15-17-19-21-23-24-25-26-27-28-29-31-33-35-37-39-41-43-45-47-53(61)58-50(49-65-57-56(64)55(63)54(62)52(48-59)66-57)51(60)46-44-42-40-38-36-34-32-30-22-20-18-16-14-12-10-8-6-4-2/h5,7,11,13,17,19,23-24,26-27,29,31,35-38,44,46,50-52,54-57,59-60,62-64H,3-4,6,8-10,12,14-16,18,20-22,25,28,30,32-34,39-43,45,47-49H2,1-2H3,(H,58,61)/b7-5-,13-11-,19-17-,24-23-,27-26-,31-29-,37-35-,38-36+,46-44+. The third-order valence-electron chi connectivity index (χ3n) is 11.6. The van der Waals surface area contributed by atoms with E-state index in [0.29, 0.717) is 12.8 Å². The summed E-state index contributed by atoms with van der Waals surface area (Å²) in [7, 11) is 0. The van der Waals surface area contributed by atoms with Crippen LogP contribution < -0.4 is 5.32 Å². The van der Waals surface area contributed by atoms with Crippen molar-refractivity contribution in [1.29, 1.82) is 0 Å². The number of hydrogen-bond donors (Lipinski definition) is 6. The molecule has 1 rings (SSSR count). The van der Waals surface area contributed by atoms with Gasteiger partial charge in [-0.3, -0.25) is 4.79 Å². The van der Waals surface area contributed by atoms with Crippen molar-refractivity contribution in [2.24, 2.45) is 0 Å². The average Bonchev–Trinajstić information content (AvgIpc) is 3.32. The number of rotatable bonds is 42. The Hall–Kier alpha value is -3.15. The van der Waals surface area contributed by atoms with E-state index in [4.69, 9.17) is 9.47 Å². The highest BCUT2D eigenvalue weighted by Gasteiger charge is 2.44. The molecule has 9 heteroatoms. The number of carbonyl (C=O) groups excluding carboxylic acids is 1. The van der Waals surface area contributed by atoms with Crippen molar-refractivity contribution in [3.05, 3.63) is 109 Å². The topological polar surface area (TPSA) is 149 Å². The minimum atomic E-state index is -1.59. The summed E-state index contributed by atoms with van der Waals surface area (Å²) < 4.78 is 11.2. The van der Waals surface area contributed by atoms with E-state index < -0.39 is 49.5 Å². The quantitative estimate of drug-likeness (QED) is 0.0262. The van der Waals surface area contributed by atoms with Gasteiger partial charge in [0.1, 0.15) is 24.4 Å². The summed E-state index contributed by atoms with van der Waals surface area (Å²) in [6.45, 7) is 3.61. The molecular weight excluding hydrogens is 827 g/mol. The van der Waals surface area contributed by atoms with E-state index in [1.807, 2.05) is 6.08 Å². The molecule has 376 valence electrons. The second-order valence-corrected chi connectivity index (χ2v) is 17.6. The molecule has 0 spiro atoms. The van der Waals surface area contributed by atoms with Gasteiger partial charge in [0.15, 0.2) is 6.29 Å². The van der Waals surface area contributed by atoms with Crippen molar-refractivity contribution in [2.45, 2.75) is 230 Å². The summed E-state index contributed by atoms with van der Waals surface area (Å²) >= 11 is 0. The highest BCUT2D eigenvalue weighted by molar-refractivity contribution is 5.76. The van der Waals surface area contributed by atoms with Gasteiger partial charge in [0.05, 0.1) is 25.4 Å². The van der Waals surface area contributed by atoms with E-state index >= 15 is 0 Å². The molecular formula is C57H95NO8. The summed E-state index contributed by atoms with van der Waals surface area (Å²) in [6, 6.07) is -0.848. The molecule has 7 unspecified atom stereocenters. The van der Waals surface area contributed by atoms with Crippen molar-refractivity contribution in [3.8, 4) is 0 Å². The largest absolute Gasteiger partial charge is 0.394 e. The van der Waals surface area contributed by atoms with Crippen LogP contribution in [0.4, 0.5) is 0 Å². The molecule has 7 atom stereocenters. The third kappa shape index (κ3) is 35.1. The molecule has 0 bridgehead atoms. The van der Waals surface area contributed by atoms with E-state index in [1.54, 1.807) is 6.08 Å². The molecule has 1 amide bonds. The van der Waals surface area contributed by atoms with E-state index in [0.717, 1.165) is 83.5 Å². The predicted molar refractivity (Wildman–Crippen MR) is 276 cm³/mol. The van der Waals surface area contributed by atoms with Crippen molar-refractivity contribution >= 4 is 5.91 Å². The van der Waals surface area contributed by atoms with Crippen LogP contribution in [0.15, 0.2) is 109 Å². The van der Waals surface area contributed by atoms with Crippen molar-refractivity contribution < 1.29 is 39.8 Å². The van der Waals surface area contributed by atoms with Crippen LogP contribution in [0.2, 0.25) is 0 Å². The molecule has 0 aromatic carbocycles. The van der Waals surface area contributed by atoms with Crippen LogP contribution in [0, 0.1) is 0 Å². The SMILES string of the molecule is CC/C=C\C/C=C\C/C=C\C/C=C\C/C=C\C/C=C\C/C=C\CCCCCC(=O)NC(COC1OC(CO)C(O)C(O)C1O)C(O)/C=C/CC/C=C/CCCCCCCCCCCCCC. The molecule has 1 aliphatic rings. The van der Waals surface area contributed by atoms with Crippen LogP contribution in [0.1, 0.15) is 187 Å². The Labute approximate surface area is 402 Å². The zero-order valence-electron chi connectivity index (χ0n) is 41.4. The lowest BCUT2D eigenvalue weighted by Crippen LogP contribution is -2.60. The summed E-state index contributed by atoms with van der Waals surface area (Å²) in [6.07, 6.45) is 59.9. The number of hydrogen-bond acceptors (Lipinski definition) is 8. The Morgan fingerprint density at radius 3 is 1.45 bits per heavy atom. The van der Waals surface area contributed by atoms with Gasteiger partial charge in [0.2, 0.25) is 5.91 Å². The Kier molecular flexibility index (Phi) is 42.1. The van der Waals surface area contributed by atoms with Crippen molar-refractivity contribution in [1.82, 2.24) is 5.32 Å². The smallest absolute Gasteiger partial charge is 0.220 e. The molecule has 0 radical (unpaired) electrons. The fraction of sp³-hybridized carbons (Fsp3) is 0.667. The first-order valence-electron chi connectivity index (χ1n) is 26.1. The van der Waals surface area contributed by atoms with Gasteiger partial charge in [-0.05, 0) is 89.9 Å². The second-order valence-electron chi connectivity index (χ2n) is 17.6. The maximum Gasteiger partial charge on any atom is 0.220 e. The monoisotopic (exact) mass is 922 g/mol. The lowest BCUT2D eigenvalue weighted by Gasteiger charge is -2.40. The summed E-state index contributed by atoms with van der Waals surface area (Å²) in [5.74, 6) is -0.223. The molecule has 9 nitrogen and oxygen atoms in total. The maximum atomic E-state index is 13.0. The minimum absolute atomic E-state index is 0.222. The Morgan fingerprint density at radius 2 is 0.955 bits per heavy atom. The molecule has 1 heterocycles. The average molecular weight is 922 g/mol. The van der Waals surface area contributed by atoms with E-state index in [2.05, 4.69) is 116 Å². The number of aliphatic hydroxyl groups is 5. The second kappa shape index (κ2) is 45.6. The molecule has 6 N–H and O–H groups in total. The minimum Gasteiger partial charge on any atom is -0.394 e.